The van der Waals surface area contributed by atoms with Crippen LogP contribution >= 0.6 is 0 Å². The summed E-state index contributed by atoms with van der Waals surface area (Å²) in [6.45, 7) is 3.31. The fourth-order valence-electron chi connectivity index (χ4n) is 4.12. The first kappa shape index (κ1) is 24.3. The third kappa shape index (κ3) is 6.84. The maximum atomic E-state index is 12.5. The van der Waals surface area contributed by atoms with Crippen molar-refractivity contribution in [3.63, 3.8) is 0 Å². The number of rotatable bonds is 8. The number of anilines is 1. The molecule has 2 N–H and O–H groups in total. The van der Waals surface area contributed by atoms with Crippen molar-refractivity contribution in [2.24, 2.45) is 0 Å². The summed E-state index contributed by atoms with van der Waals surface area (Å²) in [5.41, 5.74) is 0.361. The Balaban J connectivity index is 1.54. The molecule has 10 nitrogen and oxygen atoms in total. The first-order valence-electron chi connectivity index (χ1n) is 11.4. The minimum absolute atomic E-state index is 0.0881. The van der Waals surface area contributed by atoms with Crippen LogP contribution in [0.4, 0.5) is 5.82 Å². The zero-order valence-electron chi connectivity index (χ0n) is 19.5. The van der Waals surface area contributed by atoms with E-state index in [1.54, 1.807) is 19.3 Å². The van der Waals surface area contributed by atoms with Crippen LogP contribution in [0.2, 0.25) is 0 Å². The second-order valence-electron chi connectivity index (χ2n) is 8.71. The van der Waals surface area contributed by atoms with Crippen molar-refractivity contribution in [2.45, 2.75) is 70.8 Å². The predicted molar refractivity (Wildman–Crippen MR) is 121 cm³/mol. The average Bonchev–Trinajstić information content (AvgIpc) is 3.11. The summed E-state index contributed by atoms with van der Waals surface area (Å²) in [7, 11) is 1.57. The number of aryl methyl sites for hydroxylation is 2. The SMILES string of the molecule is CC(=O)NC1(c2noc(CCC(=O)N(C)CC(=O)Nc3cc(C)ccn3)n2)CCCCCC1. The molecule has 0 bridgehead atoms. The van der Waals surface area contributed by atoms with Crippen LogP contribution in [0.5, 0.6) is 0 Å². The first-order valence-corrected chi connectivity index (χ1v) is 11.4. The molecule has 0 radical (unpaired) electrons. The molecule has 1 saturated carbocycles. The Morgan fingerprint density at radius 3 is 2.58 bits per heavy atom. The third-order valence-electron chi connectivity index (χ3n) is 5.81. The van der Waals surface area contributed by atoms with Gasteiger partial charge in [0.2, 0.25) is 23.6 Å². The Morgan fingerprint density at radius 1 is 1.18 bits per heavy atom. The van der Waals surface area contributed by atoms with Crippen LogP contribution in [0.25, 0.3) is 0 Å². The van der Waals surface area contributed by atoms with E-state index in [0.29, 0.717) is 17.5 Å². The smallest absolute Gasteiger partial charge is 0.245 e. The van der Waals surface area contributed by atoms with E-state index in [-0.39, 0.29) is 37.1 Å². The van der Waals surface area contributed by atoms with Gasteiger partial charge in [-0.2, -0.15) is 4.98 Å². The van der Waals surface area contributed by atoms with E-state index < -0.39 is 5.54 Å². The summed E-state index contributed by atoms with van der Waals surface area (Å²) in [5, 5.41) is 9.87. The minimum Gasteiger partial charge on any atom is -0.343 e. The lowest BCUT2D eigenvalue weighted by atomic mass is 9.89. The number of nitrogens with one attached hydrogen (secondary N) is 2. The second-order valence-corrected chi connectivity index (χ2v) is 8.71. The Hall–Kier alpha value is -3.30. The van der Waals surface area contributed by atoms with Crippen LogP contribution in [0.15, 0.2) is 22.9 Å². The maximum Gasteiger partial charge on any atom is 0.245 e. The first-order chi connectivity index (χ1) is 15.8. The van der Waals surface area contributed by atoms with Gasteiger partial charge in [0.05, 0.1) is 6.54 Å². The molecular weight excluding hydrogens is 424 g/mol. The van der Waals surface area contributed by atoms with E-state index in [2.05, 4.69) is 25.8 Å². The van der Waals surface area contributed by atoms with Crippen molar-refractivity contribution in [1.82, 2.24) is 25.3 Å². The lowest BCUT2D eigenvalue weighted by Crippen LogP contribution is -2.45. The predicted octanol–water partition coefficient (Wildman–Crippen LogP) is 2.49. The lowest BCUT2D eigenvalue weighted by molar-refractivity contribution is -0.133. The third-order valence-corrected chi connectivity index (χ3v) is 5.81. The van der Waals surface area contributed by atoms with Gasteiger partial charge in [0.25, 0.3) is 0 Å². The van der Waals surface area contributed by atoms with Gasteiger partial charge >= 0.3 is 0 Å². The number of nitrogens with zero attached hydrogens (tertiary/aromatic N) is 4. The molecule has 10 heteroatoms. The molecule has 1 aliphatic rings. The van der Waals surface area contributed by atoms with Crippen molar-refractivity contribution < 1.29 is 18.9 Å². The normalized spacial score (nSPS) is 15.4. The molecule has 0 saturated heterocycles. The number of amides is 3. The van der Waals surface area contributed by atoms with Crippen molar-refractivity contribution in [1.29, 1.82) is 0 Å². The topological polar surface area (TPSA) is 130 Å². The molecule has 1 fully saturated rings. The van der Waals surface area contributed by atoms with Gasteiger partial charge in [-0.15, -0.1) is 0 Å². The Morgan fingerprint density at radius 2 is 1.91 bits per heavy atom. The average molecular weight is 457 g/mol. The number of carbonyl (C=O) groups excluding carboxylic acids is 3. The summed E-state index contributed by atoms with van der Waals surface area (Å²) < 4.78 is 5.40. The fourth-order valence-corrected chi connectivity index (χ4v) is 4.12. The van der Waals surface area contributed by atoms with Crippen LogP contribution in [-0.2, 0) is 26.3 Å². The van der Waals surface area contributed by atoms with Gasteiger partial charge < -0.3 is 20.1 Å². The summed E-state index contributed by atoms with van der Waals surface area (Å²) in [6.07, 6.45) is 7.70. The van der Waals surface area contributed by atoms with Gasteiger partial charge in [-0.1, -0.05) is 30.8 Å². The van der Waals surface area contributed by atoms with Gasteiger partial charge in [0.1, 0.15) is 11.4 Å². The number of aromatic nitrogens is 3. The number of pyridine rings is 1. The van der Waals surface area contributed by atoms with Gasteiger partial charge in [0.15, 0.2) is 5.82 Å². The van der Waals surface area contributed by atoms with E-state index in [4.69, 9.17) is 4.52 Å². The molecular formula is C23H32N6O4. The molecule has 0 aliphatic heterocycles. The van der Waals surface area contributed by atoms with Crippen LogP contribution in [0.3, 0.4) is 0 Å². The van der Waals surface area contributed by atoms with Crippen LogP contribution < -0.4 is 10.6 Å². The fraction of sp³-hybridized carbons (Fsp3) is 0.565. The summed E-state index contributed by atoms with van der Waals surface area (Å²) in [4.78, 5) is 46.5. The summed E-state index contributed by atoms with van der Waals surface area (Å²) in [6, 6.07) is 3.59. The molecule has 0 unspecified atom stereocenters. The maximum absolute atomic E-state index is 12.5. The summed E-state index contributed by atoms with van der Waals surface area (Å²) >= 11 is 0. The molecule has 3 rings (SSSR count). The lowest BCUT2D eigenvalue weighted by Gasteiger charge is -2.30. The molecule has 2 aromatic heterocycles. The van der Waals surface area contributed by atoms with E-state index in [1.807, 2.05) is 13.0 Å². The minimum atomic E-state index is -0.618. The van der Waals surface area contributed by atoms with Crippen LogP contribution in [0.1, 0.15) is 69.1 Å². The molecule has 33 heavy (non-hydrogen) atoms. The second kappa shape index (κ2) is 11.0. The largest absolute Gasteiger partial charge is 0.343 e. The number of hydrogen-bond acceptors (Lipinski definition) is 7. The van der Waals surface area contributed by atoms with Crippen LogP contribution in [0, 0.1) is 6.92 Å². The highest BCUT2D eigenvalue weighted by atomic mass is 16.5. The van der Waals surface area contributed by atoms with Gasteiger partial charge in [0, 0.05) is 33.0 Å². The van der Waals surface area contributed by atoms with E-state index in [9.17, 15) is 14.4 Å². The quantitative estimate of drug-likeness (QED) is 0.584. The zero-order valence-corrected chi connectivity index (χ0v) is 19.5. The highest BCUT2D eigenvalue weighted by molar-refractivity contribution is 5.93. The molecule has 2 aromatic rings. The molecule has 2 heterocycles. The number of hydrogen-bond donors (Lipinski definition) is 2. The van der Waals surface area contributed by atoms with Crippen LogP contribution in [-0.4, -0.2) is 51.3 Å². The number of likely N-dealkylation sites (N-methyl/N-ethyl adjacent to an activating group) is 1. The van der Waals surface area contributed by atoms with Crippen molar-refractivity contribution >= 4 is 23.5 Å². The molecule has 3 amide bonds. The highest BCUT2D eigenvalue weighted by Gasteiger charge is 2.38. The standard InChI is InChI=1S/C23H32N6O4/c1-16-10-13-24-18(14-16)25-19(31)15-29(3)21(32)9-8-20-26-22(28-33-20)23(27-17(2)30)11-6-4-5-7-12-23/h10,13-14H,4-9,11-12,15H2,1-3H3,(H,27,30)(H,24,25,31). The molecule has 0 atom stereocenters. The molecule has 0 aromatic carbocycles. The highest BCUT2D eigenvalue weighted by Crippen LogP contribution is 2.34. The molecule has 1 aliphatic carbocycles. The number of carbonyl (C=O) groups is 3. The monoisotopic (exact) mass is 456 g/mol. The van der Waals surface area contributed by atoms with E-state index >= 15 is 0 Å². The van der Waals surface area contributed by atoms with Gasteiger partial charge in [-0.25, -0.2) is 4.98 Å². The Kier molecular flexibility index (Phi) is 8.13. The Labute approximate surface area is 193 Å². The summed E-state index contributed by atoms with van der Waals surface area (Å²) in [5.74, 6) is 0.599. The Bertz CT molecular complexity index is 981. The van der Waals surface area contributed by atoms with E-state index in [1.165, 1.54) is 11.8 Å². The van der Waals surface area contributed by atoms with Crippen molar-refractivity contribution in [2.75, 3.05) is 18.9 Å². The molecule has 0 spiro atoms. The van der Waals surface area contributed by atoms with Crippen molar-refractivity contribution in [3.05, 3.63) is 35.6 Å². The molecule has 178 valence electrons. The van der Waals surface area contributed by atoms with Gasteiger partial charge in [-0.05, 0) is 37.5 Å². The zero-order chi connectivity index (χ0) is 23.8. The van der Waals surface area contributed by atoms with Gasteiger partial charge in [-0.3, -0.25) is 14.4 Å². The van der Waals surface area contributed by atoms with Crippen molar-refractivity contribution in [3.8, 4) is 0 Å². The van der Waals surface area contributed by atoms with E-state index in [0.717, 1.165) is 44.1 Å².